The predicted octanol–water partition coefficient (Wildman–Crippen LogP) is 11.7. The van der Waals surface area contributed by atoms with E-state index in [9.17, 15) is 0 Å². The highest BCUT2D eigenvalue weighted by molar-refractivity contribution is 6.29. The second kappa shape index (κ2) is 10.5. The monoisotopic (exact) mass is 611 g/mol. The van der Waals surface area contributed by atoms with Crippen LogP contribution in [0.1, 0.15) is 0 Å². The Morgan fingerprint density at radius 1 is 0.375 bits per heavy atom. The van der Waals surface area contributed by atoms with Gasteiger partial charge in [-0.1, -0.05) is 152 Å². The quantitative estimate of drug-likeness (QED) is 0.182. The summed E-state index contributed by atoms with van der Waals surface area (Å²) in [4.78, 5) is 5.49. The van der Waals surface area contributed by atoms with Crippen LogP contribution in [-0.4, -0.2) is 14.0 Å². The van der Waals surface area contributed by atoms with Crippen molar-refractivity contribution in [2.45, 2.75) is 0 Å². The van der Waals surface area contributed by atoms with Crippen LogP contribution < -0.4 is 0 Å². The summed E-state index contributed by atoms with van der Waals surface area (Å²) in [6, 6.07) is 63.0. The normalized spacial score (nSPS) is 11.8. The third-order valence-electron chi connectivity index (χ3n) is 9.68. The average molecular weight is 612 g/mol. The first-order valence-corrected chi connectivity index (χ1v) is 16.4. The zero-order valence-corrected chi connectivity index (χ0v) is 26.1. The molecular formula is C45H29N3. The van der Waals surface area contributed by atoms with E-state index in [1.165, 1.54) is 49.1 Å². The van der Waals surface area contributed by atoms with Gasteiger partial charge in [-0.3, -0.25) is 4.40 Å². The summed E-state index contributed by atoms with van der Waals surface area (Å²) in [5.74, 6) is 0.935. The van der Waals surface area contributed by atoms with Crippen molar-refractivity contribution in [2.24, 2.45) is 0 Å². The molecule has 0 unspecified atom stereocenters. The zero-order valence-electron chi connectivity index (χ0n) is 26.1. The Morgan fingerprint density at radius 2 is 0.958 bits per heavy atom. The van der Waals surface area contributed by atoms with Crippen LogP contribution in [0, 0.1) is 0 Å². The van der Waals surface area contributed by atoms with Crippen molar-refractivity contribution in [2.75, 3.05) is 0 Å². The lowest BCUT2D eigenvalue weighted by atomic mass is 9.97. The molecule has 0 saturated heterocycles. The summed E-state index contributed by atoms with van der Waals surface area (Å²) < 4.78 is 4.85. The van der Waals surface area contributed by atoms with Crippen LogP contribution in [0.4, 0.5) is 0 Å². The van der Waals surface area contributed by atoms with Gasteiger partial charge in [-0.05, 0) is 35.4 Å². The number of hydrogen-bond acceptors (Lipinski definition) is 1. The molecule has 7 aromatic carbocycles. The maximum atomic E-state index is 5.49. The molecule has 0 spiro atoms. The number of nitrogens with zero attached hydrogens (tertiary/aromatic N) is 3. The van der Waals surface area contributed by atoms with Gasteiger partial charge in [0, 0.05) is 43.7 Å². The van der Waals surface area contributed by atoms with Crippen LogP contribution in [0.5, 0.6) is 0 Å². The number of rotatable bonds is 4. The summed E-state index contributed by atoms with van der Waals surface area (Å²) in [6.45, 7) is 0. The van der Waals surface area contributed by atoms with Gasteiger partial charge in [-0.25, -0.2) is 4.98 Å². The summed E-state index contributed by atoms with van der Waals surface area (Å²) >= 11 is 0. The molecular weight excluding hydrogens is 583 g/mol. The lowest BCUT2D eigenvalue weighted by Gasteiger charge is -2.16. The first kappa shape index (κ1) is 26.7. The van der Waals surface area contributed by atoms with E-state index in [0.717, 1.165) is 39.4 Å². The van der Waals surface area contributed by atoms with Gasteiger partial charge in [-0.2, -0.15) is 0 Å². The second-order valence-electron chi connectivity index (χ2n) is 12.4. The molecule has 10 rings (SSSR count). The minimum Gasteiger partial charge on any atom is -0.309 e. The van der Waals surface area contributed by atoms with Crippen molar-refractivity contribution in [3.05, 3.63) is 176 Å². The van der Waals surface area contributed by atoms with Gasteiger partial charge >= 0.3 is 0 Å². The van der Waals surface area contributed by atoms with E-state index < -0.39 is 0 Å². The van der Waals surface area contributed by atoms with Gasteiger partial charge in [0.1, 0.15) is 5.82 Å². The van der Waals surface area contributed by atoms with E-state index >= 15 is 0 Å². The van der Waals surface area contributed by atoms with Crippen molar-refractivity contribution < 1.29 is 0 Å². The maximum Gasteiger partial charge on any atom is 0.145 e. The topological polar surface area (TPSA) is 22.2 Å². The summed E-state index contributed by atoms with van der Waals surface area (Å²) in [5.41, 5.74) is 11.3. The number of pyridine rings is 1. The molecule has 0 bridgehead atoms. The molecule has 0 aliphatic rings. The molecule has 3 heteroatoms. The molecule has 3 aromatic heterocycles. The minimum absolute atomic E-state index is 0.935. The Morgan fingerprint density at radius 3 is 1.69 bits per heavy atom. The molecule has 0 saturated carbocycles. The van der Waals surface area contributed by atoms with Crippen LogP contribution in [-0.2, 0) is 0 Å². The third-order valence-corrected chi connectivity index (χ3v) is 9.68. The first-order valence-electron chi connectivity index (χ1n) is 16.4. The fourth-order valence-electron chi connectivity index (χ4n) is 7.59. The lowest BCUT2D eigenvalue weighted by molar-refractivity contribution is 1.19. The number of fused-ring (bicyclic) bond motifs is 10. The molecule has 48 heavy (non-hydrogen) atoms. The van der Waals surface area contributed by atoms with E-state index in [1.54, 1.807) is 0 Å². The van der Waals surface area contributed by atoms with E-state index in [-0.39, 0.29) is 0 Å². The number of para-hydroxylation sites is 2. The highest BCUT2D eigenvalue weighted by Crippen LogP contribution is 2.45. The highest BCUT2D eigenvalue weighted by atomic mass is 15.0. The highest BCUT2D eigenvalue weighted by Gasteiger charge is 2.24. The second-order valence-corrected chi connectivity index (χ2v) is 12.4. The fourth-order valence-corrected chi connectivity index (χ4v) is 7.59. The molecule has 3 nitrogen and oxygen atoms in total. The number of hydrogen-bond donors (Lipinski definition) is 0. The van der Waals surface area contributed by atoms with Gasteiger partial charge < -0.3 is 4.57 Å². The van der Waals surface area contributed by atoms with Crippen molar-refractivity contribution in [3.8, 4) is 39.5 Å². The van der Waals surface area contributed by atoms with Crippen LogP contribution in [0.3, 0.4) is 0 Å². The summed E-state index contributed by atoms with van der Waals surface area (Å²) in [5, 5.41) is 6.08. The van der Waals surface area contributed by atoms with E-state index in [4.69, 9.17) is 4.98 Å². The Balaban J connectivity index is 1.49. The Bertz CT molecular complexity index is 2800. The maximum absolute atomic E-state index is 5.49. The van der Waals surface area contributed by atoms with Crippen LogP contribution >= 0.6 is 0 Å². The molecule has 224 valence electrons. The SMILES string of the molecule is c1ccc(-c2ccc3c4c(ccc5c6ccccc6n(-c6ccccc6)c54)c4c(-c5ccccc5)nc(-c5ccccc5)n4c3c2)cc1. The van der Waals surface area contributed by atoms with E-state index in [2.05, 4.69) is 185 Å². The Kier molecular flexibility index (Phi) is 5.87. The number of imidazole rings is 1. The van der Waals surface area contributed by atoms with Crippen LogP contribution in [0.25, 0.3) is 88.5 Å². The van der Waals surface area contributed by atoms with E-state index in [1.807, 2.05) is 0 Å². The van der Waals surface area contributed by atoms with Crippen molar-refractivity contribution in [3.63, 3.8) is 0 Å². The summed E-state index contributed by atoms with van der Waals surface area (Å²) in [7, 11) is 0. The molecule has 0 atom stereocenters. The molecule has 3 heterocycles. The zero-order chi connectivity index (χ0) is 31.6. The van der Waals surface area contributed by atoms with Crippen LogP contribution in [0.2, 0.25) is 0 Å². The Labute approximate surface area is 277 Å². The third kappa shape index (κ3) is 3.91. The Hall–Kier alpha value is -6.45. The van der Waals surface area contributed by atoms with Gasteiger partial charge in [0.15, 0.2) is 0 Å². The molecule has 0 fully saturated rings. The molecule has 0 amide bonds. The van der Waals surface area contributed by atoms with Crippen molar-refractivity contribution in [1.29, 1.82) is 0 Å². The van der Waals surface area contributed by atoms with Crippen molar-refractivity contribution >= 4 is 49.0 Å². The molecule has 0 aliphatic carbocycles. The molecule has 0 aliphatic heterocycles. The molecule has 0 radical (unpaired) electrons. The largest absolute Gasteiger partial charge is 0.309 e. The van der Waals surface area contributed by atoms with E-state index in [0.29, 0.717) is 0 Å². The standard InChI is InChI=1S/C45H29N3/c1-5-15-30(16-6-1)33-25-26-37-40(29-33)48-44(42(31-17-7-2-8-18-31)46-45(48)32-19-9-3-10-20-32)38-28-27-36-35-23-13-14-24-39(35)47(43(36)41(37)38)34-21-11-4-12-22-34/h1-29H. The average Bonchev–Trinajstić information content (AvgIpc) is 3.73. The summed E-state index contributed by atoms with van der Waals surface area (Å²) in [6.07, 6.45) is 0. The predicted molar refractivity (Wildman–Crippen MR) is 201 cm³/mol. The number of benzene rings is 7. The number of aromatic nitrogens is 3. The lowest BCUT2D eigenvalue weighted by Crippen LogP contribution is -1.98. The fraction of sp³-hybridized carbons (Fsp3) is 0. The van der Waals surface area contributed by atoms with Gasteiger partial charge in [0.05, 0.1) is 27.8 Å². The molecule has 10 aromatic rings. The van der Waals surface area contributed by atoms with Gasteiger partial charge in [0.2, 0.25) is 0 Å². The van der Waals surface area contributed by atoms with Crippen LogP contribution in [0.15, 0.2) is 176 Å². The molecule has 0 N–H and O–H groups in total. The minimum atomic E-state index is 0.935. The first-order chi connectivity index (χ1) is 23.8. The van der Waals surface area contributed by atoms with Gasteiger partial charge in [0.25, 0.3) is 0 Å². The van der Waals surface area contributed by atoms with Crippen molar-refractivity contribution in [1.82, 2.24) is 14.0 Å². The smallest absolute Gasteiger partial charge is 0.145 e. The van der Waals surface area contributed by atoms with Gasteiger partial charge in [-0.15, -0.1) is 0 Å².